The van der Waals surface area contributed by atoms with Gasteiger partial charge in [-0.05, 0) is 24.3 Å². The molecule has 2 aromatic carbocycles. The number of imide groups is 2. The number of hydrogen-bond acceptors (Lipinski definition) is 4. The van der Waals surface area contributed by atoms with Crippen molar-refractivity contribution >= 4 is 23.6 Å². The summed E-state index contributed by atoms with van der Waals surface area (Å²) >= 11 is 0. The molecule has 0 unspecified atom stereocenters. The van der Waals surface area contributed by atoms with E-state index in [2.05, 4.69) is 28.2 Å². The minimum atomic E-state index is -0.182. The van der Waals surface area contributed by atoms with E-state index in [-0.39, 0.29) is 23.6 Å². The lowest BCUT2D eigenvalue weighted by molar-refractivity contribution is -0.897. The van der Waals surface area contributed by atoms with Crippen molar-refractivity contribution in [3.8, 4) is 0 Å². The maximum atomic E-state index is 12.6. The van der Waals surface area contributed by atoms with Crippen molar-refractivity contribution in [1.29, 1.82) is 0 Å². The zero-order chi connectivity index (χ0) is 27.5. The van der Waals surface area contributed by atoms with Gasteiger partial charge in [0.1, 0.15) is 0 Å². The summed E-state index contributed by atoms with van der Waals surface area (Å²) in [5, 5.41) is 0. The lowest BCUT2D eigenvalue weighted by Crippen LogP contribution is -2.45. The van der Waals surface area contributed by atoms with E-state index in [4.69, 9.17) is 0 Å². The number of fused-ring (bicyclic) bond motifs is 2. The molecule has 0 spiro atoms. The molecule has 2 aromatic rings. The first kappa shape index (κ1) is 27.7. The van der Waals surface area contributed by atoms with E-state index < -0.39 is 0 Å². The Bertz CT molecular complexity index is 1070. The van der Waals surface area contributed by atoms with Crippen LogP contribution in [0.5, 0.6) is 0 Å². The first-order valence-electron chi connectivity index (χ1n) is 13.6. The van der Waals surface area contributed by atoms with E-state index in [0.29, 0.717) is 35.3 Å². The molecule has 2 heterocycles. The largest absolute Gasteiger partial charge is 0.328 e. The minimum Gasteiger partial charge on any atom is -0.328 e. The van der Waals surface area contributed by atoms with E-state index in [1.807, 2.05) is 0 Å². The van der Waals surface area contributed by atoms with Crippen LogP contribution in [0, 0.1) is 0 Å². The summed E-state index contributed by atoms with van der Waals surface area (Å²) in [5.41, 5.74) is 2.04. The number of unbranched alkanes of at least 4 members (excludes halogenated alkanes) is 1. The summed E-state index contributed by atoms with van der Waals surface area (Å²) in [5.74, 6) is -0.726. The Morgan fingerprint density at radius 3 is 1.03 bits per heavy atom. The summed E-state index contributed by atoms with van der Waals surface area (Å²) in [4.78, 5) is 53.0. The first-order chi connectivity index (χ1) is 18.0. The van der Waals surface area contributed by atoms with Crippen molar-refractivity contribution < 1.29 is 28.1 Å². The van der Waals surface area contributed by atoms with Crippen LogP contribution >= 0.6 is 0 Å². The molecule has 202 valence electrons. The Balaban J connectivity index is 1.13. The first-order valence-corrected chi connectivity index (χ1v) is 13.6. The molecule has 2 aliphatic heterocycles. The fraction of sp³-hybridized carbons (Fsp3) is 0.467. The number of hydrogen-bond donors (Lipinski definition) is 0. The van der Waals surface area contributed by atoms with Gasteiger partial charge >= 0.3 is 0 Å². The standard InChI is InChI=1S/C30H40N4O4/c1-33(2,21-11-17-31-27(35)23-13-5-6-14-24(23)28(31)36)19-9-10-20-34(3,4)22-12-18-32-29(37)25-15-7-8-16-26(25)30(32)38/h5-8,13-16H,9-12,17-22H2,1-4H3/q+2. The predicted octanol–water partition coefficient (Wildman–Crippen LogP) is 3.29. The van der Waals surface area contributed by atoms with Gasteiger partial charge in [-0.2, -0.15) is 0 Å². The van der Waals surface area contributed by atoms with Gasteiger partial charge in [0.15, 0.2) is 0 Å². The van der Waals surface area contributed by atoms with E-state index >= 15 is 0 Å². The van der Waals surface area contributed by atoms with Crippen molar-refractivity contribution in [3.05, 3.63) is 70.8 Å². The molecular weight excluding hydrogens is 480 g/mol. The second kappa shape index (κ2) is 11.2. The molecule has 0 N–H and O–H groups in total. The number of amides is 4. The third-order valence-corrected chi connectivity index (χ3v) is 7.82. The van der Waals surface area contributed by atoms with E-state index in [0.717, 1.165) is 60.8 Å². The molecule has 0 radical (unpaired) electrons. The lowest BCUT2D eigenvalue weighted by atomic mass is 10.1. The molecule has 4 rings (SSSR count). The molecule has 0 aliphatic carbocycles. The number of rotatable bonds is 13. The van der Waals surface area contributed by atoms with Crippen molar-refractivity contribution in [1.82, 2.24) is 9.80 Å². The summed E-state index contributed by atoms with van der Waals surface area (Å²) in [6.45, 7) is 4.74. The van der Waals surface area contributed by atoms with Crippen molar-refractivity contribution in [3.63, 3.8) is 0 Å². The third-order valence-electron chi connectivity index (χ3n) is 7.82. The monoisotopic (exact) mass is 520 g/mol. The fourth-order valence-corrected chi connectivity index (χ4v) is 5.50. The summed E-state index contributed by atoms with van der Waals surface area (Å²) in [6.07, 6.45) is 3.72. The Morgan fingerprint density at radius 2 is 0.737 bits per heavy atom. The van der Waals surface area contributed by atoms with Crippen LogP contribution < -0.4 is 0 Å². The minimum absolute atomic E-state index is 0.182. The van der Waals surface area contributed by atoms with Crippen molar-refractivity contribution in [2.45, 2.75) is 25.7 Å². The van der Waals surface area contributed by atoms with Gasteiger partial charge in [0.05, 0.1) is 76.6 Å². The van der Waals surface area contributed by atoms with E-state index in [9.17, 15) is 19.2 Å². The Morgan fingerprint density at radius 1 is 0.474 bits per heavy atom. The van der Waals surface area contributed by atoms with Crippen LogP contribution in [0.3, 0.4) is 0 Å². The molecule has 0 atom stereocenters. The van der Waals surface area contributed by atoms with E-state index in [1.54, 1.807) is 48.5 Å². The van der Waals surface area contributed by atoms with Crippen LogP contribution in [0.25, 0.3) is 0 Å². The molecule has 8 heteroatoms. The van der Waals surface area contributed by atoms with Gasteiger partial charge in [-0.15, -0.1) is 0 Å². The highest BCUT2D eigenvalue weighted by atomic mass is 16.2. The van der Waals surface area contributed by atoms with Crippen molar-refractivity contribution in [2.75, 3.05) is 67.5 Å². The molecule has 2 aliphatic rings. The molecule has 4 amide bonds. The molecule has 0 saturated heterocycles. The molecule has 0 bridgehead atoms. The van der Waals surface area contributed by atoms with Crippen molar-refractivity contribution in [2.24, 2.45) is 0 Å². The second-order valence-corrected chi connectivity index (χ2v) is 11.8. The number of carbonyl (C=O) groups is 4. The average molecular weight is 521 g/mol. The number of nitrogens with zero attached hydrogens (tertiary/aromatic N) is 4. The Kier molecular flexibility index (Phi) is 8.13. The Labute approximate surface area is 225 Å². The molecular formula is C30H40N4O4+2. The number of benzene rings is 2. The highest BCUT2D eigenvalue weighted by molar-refractivity contribution is 6.22. The average Bonchev–Trinajstić information content (AvgIpc) is 3.27. The van der Waals surface area contributed by atoms with Gasteiger partial charge in [-0.25, -0.2) is 0 Å². The van der Waals surface area contributed by atoms with Gasteiger partial charge in [-0.3, -0.25) is 29.0 Å². The van der Waals surface area contributed by atoms with Crippen LogP contribution in [0.4, 0.5) is 0 Å². The van der Waals surface area contributed by atoms with Gasteiger partial charge in [0, 0.05) is 38.8 Å². The SMILES string of the molecule is C[N+](C)(CCCC[N+](C)(C)CCCN1C(=O)c2ccccc2C1=O)CCCN1C(=O)c2ccccc2C1=O. The molecule has 38 heavy (non-hydrogen) atoms. The summed E-state index contributed by atoms with van der Waals surface area (Å²) < 4.78 is 1.69. The van der Waals surface area contributed by atoms with Gasteiger partial charge in [0.25, 0.3) is 23.6 Å². The van der Waals surface area contributed by atoms with Crippen LogP contribution in [-0.4, -0.2) is 110 Å². The maximum absolute atomic E-state index is 12.6. The summed E-state index contributed by atoms with van der Waals surface area (Å²) in [7, 11) is 8.80. The molecule has 0 fully saturated rings. The normalized spacial score (nSPS) is 15.5. The topological polar surface area (TPSA) is 74.8 Å². The molecule has 0 aromatic heterocycles. The smallest absolute Gasteiger partial charge is 0.261 e. The predicted molar refractivity (Wildman–Crippen MR) is 146 cm³/mol. The zero-order valence-electron chi connectivity index (χ0n) is 23.1. The maximum Gasteiger partial charge on any atom is 0.261 e. The zero-order valence-corrected chi connectivity index (χ0v) is 23.1. The van der Waals surface area contributed by atoms with E-state index in [1.165, 1.54) is 9.80 Å². The van der Waals surface area contributed by atoms with Gasteiger partial charge < -0.3 is 8.97 Å². The van der Waals surface area contributed by atoms with Crippen LogP contribution in [-0.2, 0) is 0 Å². The van der Waals surface area contributed by atoms with Crippen LogP contribution in [0.1, 0.15) is 67.1 Å². The highest BCUT2D eigenvalue weighted by Gasteiger charge is 2.36. The summed E-state index contributed by atoms with van der Waals surface area (Å²) in [6, 6.07) is 14.1. The van der Waals surface area contributed by atoms with Gasteiger partial charge in [0.2, 0.25) is 0 Å². The quantitative estimate of drug-likeness (QED) is 0.231. The fourth-order valence-electron chi connectivity index (χ4n) is 5.50. The molecule has 0 saturated carbocycles. The van der Waals surface area contributed by atoms with Gasteiger partial charge in [-0.1, -0.05) is 24.3 Å². The number of carbonyl (C=O) groups excluding carboxylic acids is 4. The molecule has 8 nitrogen and oxygen atoms in total. The second-order valence-electron chi connectivity index (χ2n) is 11.8. The number of quaternary nitrogens is 2. The lowest BCUT2D eigenvalue weighted by Gasteiger charge is -2.33. The highest BCUT2D eigenvalue weighted by Crippen LogP contribution is 2.24. The van der Waals surface area contributed by atoms with Crippen LogP contribution in [0.2, 0.25) is 0 Å². The third kappa shape index (κ3) is 6.03. The Hall–Kier alpha value is -3.36. The van der Waals surface area contributed by atoms with Crippen LogP contribution in [0.15, 0.2) is 48.5 Å².